The molecule has 2 unspecified atom stereocenters. The molecule has 4 heteroatoms. The van der Waals surface area contributed by atoms with Crippen LogP contribution in [0.2, 0.25) is 0 Å². The van der Waals surface area contributed by atoms with Crippen LogP contribution < -0.4 is 5.32 Å². The van der Waals surface area contributed by atoms with E-state index in [1.54, 1.807) is 0 Å². The monoisotopic (exact) mass is 243 g/mol. The highest BCUT2D eigenvalue weighted by atomic mass is 16.3. The van der Waals surface area contributed by atoms with Crippen LogP contribution in [-0.4, -0.2) is 72.9 Å². The van der Waals surface area contributed by atoms with Gasteiger partial charge in [0.15, 0.2) is 0 Å². The van der Waals surface area contributed by atoms with Crippen molar-refractivity contribution in [1.29, 1.82) is 0 Å². The zero-order chi connectivity index (χ0) is 12.9. The fourth-order valence-electron chi connectivity index (χ4n) is 2.74. The molecule has 1 fully saturated rings. The molecule has 0 radical (unpaired) electrons. The van der Waals surface area contributed by atoms with E-state index in [1.807, 2.05) is 0 Å². The number of nitrogens with one attached hydrogen (secondary N) is 1. The predicted octanol–water partition coefficient (Wildman–Crippen LogP) is 0.373. The van der Waals surface area contributed by atoms with Crippen LogP contribution >= 0.6 is 0 Å². The third kappa shape index (κ3) is 3.91. The van der Waals surface area contributed by atoms with Gasteiger partial charge in [-0.3, -0.25) is 0 Å². The second-order valence-corrected chi connectivity index (χ2v) is 5.36. The van der Waals surface area contributed by atoms with Gasteiger partial charge in [0.2, 0.25) is 0 Å². The molecule has 0 aliphatic carbocycles. The molecular formula is C13H29N3O. The van der Waals surface area contributed by atoms with Gasteiger partial charge in [-0.15, -0.1) is 0 Å². The first-order valence-corrected chi connectivity index (χ1v) is 6.85. The Morgan fingerprint density at radius 3 is 2.47 bits per heavy atom. The van der Waals surface area contributed by atoms with Gasteiger partial charge in [0, 0.05) is 25.7 Å². The van der Waals surface area contributed by atoms with Gasteiger partial charge in [0.05, 0.1) is 12.1 Å². The molecule has 1 aliphatic heterocycles. The Balaban J connectivity index is 2.38. The largest absolute Gasteiger partial charge is 0.394 e. The van der Waals surface area contributed by atoms with Gasteiger partial charge < -0.3 is 20.2 Å². The number of rotatable bonds is 7. The van der Waals surface area contributed by atoms with Crippen molar-refractivity contribution < 1.29 is 5.11 Å². The summed E-state index contributed by atoms with van der Waals surface area (Å²) in [4.78, 5) is 4.72. The standard InChI is InChI=1S/C13H29N3O/c1-5-16(6-2)8-7-14-13(11-17)9-12(3)15(4)10-13/h12,14,17H,5-11H2,1-4H3. The van der Waals surface area contributed by atoms with E-state index in [2.05, 4.69) is 42.9 Å². The molecule has 0 saturated carbocycles. The maximum atomic E-state index is 9.63. The molecule has 2 N–H and O–H groups in total. The Bertz CT molecular complexity index is 209. The average molecular weight is 243 g/mol. The molecule has 1 heterocycles. The maximum Gasteiger partial charge on any atom is 0.0626 e. The van der Waals surface area contributed by atoms with Crippen molar-refractivity contribution in [2.24, 2.45) is 0 Å². The van der Waals surface area contributed by atoms with Gasteiger partial charge >= 0.3 is 0 Å². The number of hydrogen-bond acceptors (Lipinski definition) is 4. The van der Waals surface area contributed by atoms with Gasteiger partial charge in [0.1, 0.15) is 0 Å². The van der Waals surface area contributed by atoms with Crippen LogP contribution in [0, 0.1) is 0 Å². The Morgan fingerprint density at radius 2 is 2.06 bits per heavy atom. The molecule has 0 amide bonds. The minimum Gasteiger partial charge on any atom is -0.394 e. The second kappa shape index (κ2) is 6.69. The summed E-state index contributed by atoms with van der Waals surface area (Å²) in [5.74, 6) is 0. The highest BCUT2D eigenvalue weighted by Gasteiger charge is 2.39. The van der Waals surface area contributed by atoms with E-state index in [0.29, 0.717) is 6.04 Å². The molecule has 0 aromatic heterocycles. The average Bonchev–Trinajstić information content (AvgIpc) is 2.61. The SMILES string of the molecule is CCN(CC)CCNC1(CO)CC(C)N(C)C1. The summed E-state index contributed by atoms with van der Waals surface area (Å²) in [6.45, 7) is 12.0. The van der Waals surface area contributed by atoms with Crippen LogP contribution in [0.4, 0.5) is 0 Å². The molecule has 102 valence electrons. The molecule has 0 aromatic rings. The van der Waals surface area contributed by atoms with Crippen molar-refractivity contribution in [2.45, 2.75) is 38.8 Å². The summed E-state index contributed by atoms with van der Waals surface area (Å²) < 4.78 is 0. The molecular weight excluding hydrogens is 214 g/mol. The minimum atomic E-state index is -0.0820. The third-order valence-electron chi connectivity index (χ3n) is 4.12. The Labute approximate surface area is 106 Å². The second-order valence-electron chi connectivity index (χ2n) is 5.36. The normalized spacial score (nSPS) is 30.4. The van der Waals surface area contributed by atoms with Crippen molar-refractivity contribution in [2.75, 3.05) is 46.4 Å². The van der Waals surface area contributed by atoms with Gasteiger partial charge in [-0.05, 0) is 33.5 Å². The lowest BCUT2D eigenvalue weighted by Crippen LogP contribution is -2.52. The van der Waals surface area contributed by atoms with Crippen LogP contribution in [0.3, 0.4) is 0 Å². The lowest BCUT2D eigenvalue weighted by molar-refractivity contribution is 0.159. The van der Waals surface area contributed by atoms with Crippen LogP contribution in [0.25, 0.3) is 0 Å². The van der Waals surface area contributed by atoms with Crippen molar-refractivity contribution >= 4 is 0 Å². The van der Waals surface area contributed by atoms with E-state index in [0.717, 1.165) is 39.1 Å². The van der Waals surface area contributed by atoms with Crippen molar-refractivity contribution in [3.05, 3.63) is 0 Å². The van der Waals surface area contributed by atoms with E-state index in [1.165, 1.54) is 0 Å². The predicted molar refractivity (Wildman–Crippen MR) is 72.3 cm³/mol. The zero-order valence-electron chi connectivity index (χ0n) is 11.9. The molecule has 1 saturated heterocycles. The van der Waals surface area contributed by atoms with E-state index in [-0.39, 0.29) is 12.1 Å². The van der Waals surface area contributed by atoms with Crippen LogP contribution in [-0.2, 0) is 0 Å². The Kier molecular flexibility index (Phi) is 5.86. The lowest BCUT2D eigenvalue weighted by Gasteiger charge is -2.29. The number of aliphatic hydroxyl groups is 1. The molecule has 0 spiro atoms. The third-order valence-corrected chi connectivity index (χ3v) is 4.12. The van der Waals surface area contributed by atoms with Crippen molar-refractivity contribution in [1.82, 2.24) is 15.1 Å². The minimum absolute atomic E-state index is 0.0820. The first-order valence-electron chi connectivity index (χ1n) is 6.85. The molecule has 0 bridgehead atoms. The molecule has 17 heavy (non-hydrogen) atoms. The molecule has 2 atom stereocenters. The summed E-state index contributed by atoms with van der Waals surface area (Å²) >= 11 is 0. The fourth-order valence-corrected chi connectivity index (χ4v) is 2.74. The topological polar surface area (TPSA) is 38.7 Å². The number of aliphatic hydroxyl groups excluding tert-OH is 1. The summed E-state index contributed by atoms with van der Waals surface area (Å²) in [5, 5.41) is 13.2. The quantitative estimate of drug-likeness (QED) is 0.678. The van der Waals surface area contributed by atoms with Crippen LogP contribution in [0.1, 0.15) is 27.2 Å². The number of likely N-dealkylation sites (tertiary alicyclic amines) is 1. The number of likely N-dealkylation sites (N-methyl/N-ethyl adjacent to an activating group) is 2. The molecule has 1 rings (SSSR count). The molecule has 1 aliphatic rings. The Hall–Kier alpha value is -0.160. The van der Waals surface area contributed by atoms with Crippen LogP contribution in [0.15, 0.2) is 0 Å². The summed E-state index contributed by atoms with van der Waals surface area (Å²) in [5.41, 5.74) is -0.0820. The molecule has 0 aromatic carbocycles. The Morgan fingerprint density at radius 1 is 1.41 bits per heavy atom. The lowest BCUT2D eigenvalue weighted by atomic mass is 9.97. The van der Waals surface area contributed by atoms with Gasteiger partial charge in [0.25, 0.3) is 0 Å². The van der Waals surface area contributed by atoms with Gasteiger partial charge in [-0.1, -0.05) is 13.8 Å². The maximum absolute atomic E-state index is 9.63. The number of hydrogen-bond donors (Lipinski definition) is 2. The molecule has 4 nitrogen and oxygen atoms in total. The van der Waals surface area contributed by atoms with Crippen molar-refractivity contribution in [3.63, 3.8) is 0 Å². The smallest absolute Gasteiger partial charge is 0.0626 e. The van der Waals surface area contributed by atoms with E-state index < -0.39 is 0 Å². The van der Waals surface area contributed by atoms with Crippen molar-refractivity contribution in [3.8, 4) is 0 Å². The summed E-state index contributed by atoms with van der Waals surface area (Å²) in [7, 11) is 2.13. The number of nitrogens with zero attached hydrogens (tertiary/aromatic N) is 2. The van der Waals surface area contributed by atoms with Crippen LogP contribution in [0.5, 0.6) is 0 Å². The summed E-state index contributed by atoms with van der Waals surface area (Å²) in [6.07, 6.45) is 1.04. The summed E-state index contributed by atoms with van der Waals surface area (Å²) in [6, 6.07) is 0.558. The fraction of sp³-hybridized carbons (Fsp3) is 1.00. The van der Waals surface area contributed by atoms with E-state index in [9.17, 15) is 5.11 Å². The highest BCUT2D eigenvalue weighted by molar-refractivity contribution is 4.99. The zero-order valence-corrected chi connectivity index (χ0v) is 11.9. The van der Waals surface area contributed by atoms with E-state index >= 15 is 0 Å². The first-order chi connectivity index (χ1) is 8.06. The van der Waals surface area contributed by atoms with Gasteiger partial charge in [-0.25, -0.2) is 0 Å². The first kappa shape index (κ1) is 14.9. The van der Waals surface area contributed by atoms with E-state index in [4.69, 9.17) is 0 Å². The van der Waals surface area contributed by atoms with Gasteiger partial charge in [-0.2, -0.15) is 0 Å². The highest BCUT2D eigenvalue weighted by Crippen LogP contribution is 2.24.